The molecule has 19 heavy (non-hydrogen) atoms. The molecule has 0 saturated carbocycles. The Bertz CT molecular complexity index is 637. The lowest BCUT2D eigenvalue weighted by Crippen LogP contribution is -2.25. The maximum absolute atomic E-state index is 12.9. The molecule has 0 atom stereocenters. The van der Waals surface area contributed by atoms with Crippen LogP contribution in [0.2, 0.25) is 0 Å². The number of aromatic nitrogens is 2. The van der Waals surface area contributed by atoms with Crippen molar-refractivity contribution in [1.29, 1.82) is 5.26 Å². The van der Waals surface area contributed by atoms with Gasteiger partial charge >= 0.3 is 0 Å². The maximum Gasteiger partial charge on any atom is 0.167 e. The van der Waals surface area contributed by atoms with Crippen molar-refractivity contribution in [3.05, 3.63) is 52.6 Å². The Hall–Kier alpha value is -2.19. The average molecular weight is 256 g/mol. The molecule has 0 saturated heterocycles. The Labute approximate surface area is 110 Å². The van der Waals surface area contributed by atoms with Crippen LogP contribution in [0.15, 0.2) is 24.3 Å². The highest BCUT2D eigenvalue weighted by atomic mass is 19.1. The van der Waals surface area contributed by atoms with Crippen LogP contribution in [0.25, 0.3) is 0 Å². The van der Waals surface area contributed by atoms with Crippen molar-refractivity contribution in [2.45, 2.75) is 19.5 Å². The molecule has 1 aliphatic heterocycles. The first-order valence-corrected chi connectivity index (χ1v) is 6.22. The third kappa shape index (κ3) is 2.23. The fourth-order valence-corrected chi connectivity index (χ4v) is 2.40. The molecule has 0 bridgehead atoms. The molecule has 1 aromatic carbocycles. The van der Waals surface area contributed by atoms with E-state index in [0.717, 1.165) is 29.8 Å². The van der Waals surface area contributed by atoms with Crippen LogP contribution in [0.4, 0.5) is 4.39 Å². The van der Waals surface area contributed by atoms with Crippen molar-refractivity contribution in [2.75, 3.05) is 6.54 Å². The number of halogens is 1. The second-order valence-corrected chi connectivity index (χ2v) is 4.60. The quantitative estimate of drug-likeness (QED) is 0.887. The van der Waals surface area contributed by atoms with Crippen LogP contribution in [0, 0.1) is 17.1 Å². The number of nitrogens with one attached hydrogen (secondary N) is 1. The molecule has 1 aliphatic rings. The van der Waals surface area contributed by atoms with Crippen molar-refractivity contribution in [3.8, 4) is 6.07 Å². The molecule has 1 N–H and O–H groups in total. The number of nitriles is 1. The number of hydrogen-bond donors (Lipinski definition) is 1. The monoisotopic (exact) mass is 256 g/mol. The van der Waals surface area contributed by atoms with E-state index < -0.39 is 0 Å². The van der Waals surface area contributed by atoms with E-state index in [9.17, 15) is 4.39 Å². The van der Waals surface area contributed by atoms with Crippen LogP contribution < -0.4 is 5.32 Å². The predicted octanol–water partition coefficient (Wildman–Crippen LogP) is 1.59. The summed E-state index contributed by atoms with van der Waals surface area (Å²) in [7, 11) is 0. The van der Waals surface area contributed by atoms with Crippen LogP contribution in [0.1, 0.15) is 22.5 Å². The summed E-state index contributed by atoms with van der Waals surface area (Å²) in [5.41, 5.74) is 3.58. The zero-order chi connectivity index (χ0) is 13.2. The van der Waals surface area contributed by atoms with Gasteiger partial charge in [0.2, 0.25) is 0 Å². The third-order valence-electron chi connectivity index (χ3n) is 3.36. The van der Waals surface area contributed by atoms with E-state index in [1.54, 1.807) is 12.1 Å². The summed E-state index contributed by atoms with van der Waals surface area (Å²) in [6, 6.07) is 8.52. The van der Waals surface area contributed by atoms with Crippen LogP contribution >= 0.6 is 0 Å². The first-order chi connectivity index (χ1) is 9.28. The molecule has 0 spiro atoms. The summed E-state index contributed by atoms with van der Waals surface area (Å²) >= 11 is 0. The summed E-state index contributed by atoms with van der Waals surface area (Å²) in [6.45, 7) is 2.17. The molecule has 0 radical (unpaired) electrons. The molecule has 2 heterocycles. The molecule has 0 amide bonds. The molecule has 2 aromatic rings. The molecule has 1 aromatic heterocycles. The van der Waals surface area contributed by atoms with Gasteiger partial charge in [-0.05, 0) is 17.7 Å². The average Bonchev–Trinajstić information content (AvgIpc) is 2.80. The first kappa shape index (κ1) is 11.9. The number of fused-ring (bicyclic) bond motifs is 1. The highest BCUT2D eigenvalue weighted by molar-refractivity contribution is 5.37. The molecule has 5 heteroatoms. The van der Waals surface area contributed by atoms with Gasteiger partial charge in [-0.25, -0.2) is 4.39 Å². The van der Waals surface area contributed by atoms with Gasteiger partial charge in [-0.2, -0.15) is 10.4 Å². The molecule has 96 valence electrons. The molecule has 0 unspecified atom stereocenters. The van der Waals surface area contributed by atoms with E-state index >= 15 is 0 Å². The smallest absolute Gasteiger partial charge is 0.167 e. The SMILES string of the molecule is N#Cc1nn(Cc2ccc(F)cc2)c2c1CNCC2. The van der Waals surface area contributed by atoms with Gasteiger partial charge in [-0.15, -0.1) is 0 Å². The Kier molecular flexibility index (Phi) is 3.02. The summed E-state index contributed by atoms with van der Waals surface area (Å²) < 4.78 is 14.7. The lowest BCUT2D eigenvalue weighted by Gasteiger charge is -2.15. The Morgan fingerprint density at radius 2 is 2.16 bits per heavy atom. The standard InChI is InChI=1S/C14H13FN4/c15-11-3-1-10(2-4-11)9-19-14-5-6-17-8-12(14)13(7-16)18-19/h1-4,17H,5-6,8-9H2. The van der Waals surface area contributed by atoms with Crippen LogP contribution in [0.3, 0.4) is 0 Å². The fourth-order valence-electron chi connectivity index (χ4n) is 2.40. The van der Waals surface area contributed by atoms with Crippen molar-refractivity contribution in [3.63, 3.8) is 0 Å². The predicted molar refractivity (Wildman–Crippen MR) is 67.9 cm³/mol. The summed E-state index contributed by atoms with van der Waals surface area (Å²) in [4.78, 5) is 0. The summed E-state index contributed by atoms with van der Waals surface area (Å²) in [5.74, 6) is -0.242. The molecule has 0 aliphatic carbocycles. The fraction of sp³-hybridized carbons (Fsp3) is 0.286. The Balaban J connectivity index is 1.95. The zero-order valence-electron chi connectivity index (χ0n) is 10.4. The van der Waals surface area contributed by atoms with Gasteiger partial charge in [0.15, 0.2) is 5.69 Å². The number of hydrogen-bond acceptors (Lipinski definition) is 3. The maximum atomic E-state index is 12.9. The summed E-state index contributed by atoms with van der Waals surface area (Å²) in [5, 5.41) is 16.7. The lowest BCUT2D eigenvalue weighted by molar-refractivity contribution is 0.581. The Morgan fingerprint density at radius 3 is 2.89 bits per heavy atom. The van der Waals surface area contributed by atoms with Crippen molar-refractivity contribution in [1.82, 2.24) is 15.1 Å². The van der Waals surface area contributed by atoms with Gasteiger partial charge in [0.25, 0.3) is 0 Å². The van der Waals surface area contributed by atoms with Gasteiger partial charge in [-0.3, -0.25) is 4.68 Å². The van der Waals surface area contributed by atoms with Crippen LogP contribution in [-0.2, 0) is 19.5 Å². The van der Waals surface area contributed by atoms with Crippen LogP contribution in [-0.4, -0.2) is 16.3 Å². The Morgan fingerprint density at radius 1 is 1.37 bits per heavy atom. The van der Waals surface area contributed by atoms with Gasteiger partial charge < -0.3 is 5.32 Å². The largest absolute Gasteiger partial charge is 0.312 e. The minimum atomic E-state index is -0.242. The molecule has 3 rings (SSSR count). The lowest BCUT2D eigenvalue weighted by atomic mass is 10.1. The number of benzene rings is 1. The molecule has 4 nitrogen and oxygen atoms in total. The van der Waals surface area contributed by atoms with E-state index in [1.165, 1.54) is 12.1 Å². The summed E-state index contributed by atoms with van der Waals surface area (Å²) in [6.07, 6.45) is 0.866. The van der Waals surface area contributed by atoms with E-state index in [4.69, 9.17) is 5.26 Å². The van der Waals surface area contributed by atoms with Gasteiger partial charge in [0, 0.05) is 30.8 Å². The third-order valence-corrected chi connectivity index (χ3v) is 3.36. The second-order valence-electron chi connectivity index (χ2n) is 4.60. The van der Waals surface area contributed by atoms with E-state index in [1.807, 2.05) is 4.68 Å². The van der Waals surface area contributed by atoms with Crippen LogP contribution in [0.5, 0.6) is 0 Å². The second kappa shape index (κ2) is 4.82. The number of nitrogens with zero attached hydrogens (tertiary/aromatic N) is 3. The molecule has 0 fully saturated rings. The minimum absolute atomic E-state index is 0.242. The van der Waals surface area contributed by atoms with Crippen molar-refractivity contribution in [2.24, 2.45) is 0 Å². The van der Waals surface area contributed by atoms with Gasteiger partial charge in [0.05, 0.1) is 6.54 Å². The number of rotatable bonds is 2. The normalized spacial score (nSPS) is 13.9. The topological polar surface area (TPSA) is 53.6 Å². The van der Waals surface area contributed by atoms with E-state index in [2.05, 4.69) is 16.5 Å². The van der Waals surface area contributed by atoms with Gasteiger partial charge in [-0.1, -0.05) is 12.1 Å². The van der Waals surface area contributed by atoms with Crippen molar-refractivity contribution < 1.29 is 4.39 Å². The first-order valence-electron chi connectivity index (χ1n) is 6.22. The van der Waals surface area contributed by atoms with E-state index in [-0.39, 0.29) is 5.82 Å². The molecular formula is C14H13FN4. The minimum Gasteiger partial charge on any atom is -0.312 e. The van der Waals surface area contributed by atoms with E-state index in [0.29, 0.717) is 18.8 Å². The van der Waals surface area contributed by atoms with Gasteiger partial charge in [0.1, 0.15) is 11.9 Å². The highest BCUT2D eigenvalue weighted by Crippen LogP contribution is 2.19. The molecular weight excluding hydrogens is 243 g/mol. The zero-order valence-corrected chi connectivity index (χ0v) is 10.4. The van der Waals surface area contributed by atoms with Crippen molar-refractivity contribution >= 4 is 0 Å². The highest BCUT2D eigenvalue weighted by Gasteiger charge is 2.20.